The average Bonchev–Trinajstić information content (AvgIpc) is 2.35. The van der Waals surface area contributed by atoms with Gasteiger partial charge in [-0.15, -0.1) is 0 Å². The standard InChI is InChI=1S/C15H24O2/c1-4-6-8-12-10-11-14(16)13(9-7-5-2)15(12)17-3/h10-11,16H,4-9H2,1-3H3. The molecule has 1 aromatic rings. The Morgan fingerprint density at radius 3 is 2.29 bits per heavy atom. The van der Waals surface area contributed by atoms with Gasteiger partial charge in [0.1, 0.15) is 11.5 Å². The number of unbranched alkanes of at least 4 members (excludes halogenated alkanes) is 2. The molecule has 0 spiro atoms. The first-order valence-electron chi connectivity index (χ1n) is 6.62. The van der Waals surface area contributed by atoms with Crippen LogP contribution in [0.4, 0.5) is 0 Å². The lowest BCUT2D eigenvalue weighted by atomic mass is 9.99. The summed E-state index contributed by atoms with van der Waals surface area (Å²) in [5.41, 5.74) is 2.20. The summed E-state index contributed by atoms with van der Waals surface area (Å²) in [4.78, 5) is 0. The summed E-state index contributed by atoms with van der Waals surface area (Å²) < 4.78 is 5.49. The van der Waals surface area contributed by atoms with Crippen LogP contribution < -0.4 is 4.74 Å². The smallest absolute Gasteiger partial charge is 0.128 e. The van der Waals surface area contributed by atoms with Gasteiger partial charge in [0.15, 0.2) is 0 Å². The number of hydrogen-bond donors (Lipinski definition) is 1. The first-order valence-corrected chi connectivity index (χ1v) is 6.62. The van der Waals surface area contributed by atoms with Crippen LogP contribution in [0, 0.1) is 0 Å². The van der Waals surface area contributed by atoms with E-state index >= 15 is 0 Å². The lowest BCUT2D eigenvalue weighted by Gasteiger charge is -2.15. The summed E-state index contributed by atoms with van der Waals surface area (Å²) in [6, 6.07) is 3.79. The Morgan fingerprint density at radius 2 is 1.71 bits per heavy atom. The van der Waals surface area contributed by atoms with Gasteiger partial charge in [-0.2, -0.15) is 0 Å². The maximum absolute atomic E-state index is 9.92. The van der Waals surface area contributed by atoms with Crippen LogP contribution in [0.15, 0.2) is 12.1 Å². The van der Waals surface area contributed by atoms with E-state index in [2.05, 4.69) is 13.8 Å². The fourth-order valence-electron chi connectivity index (χ4n) is 2.08. The molecule has 2 nitrogen and oxygen atoms in total. The molecule has 1 rings (SSSR count). The zero-order chi connectivity index (χ0) is 12.7. The van der Waals surface area contributed by atoms with Gasteiger partial charge in [0.25, 0.3) is 0 Å². The number of benzene rings is 1. The predicted octanol–water partition coefficient (Wildman–Crippen LogP) is 4.09. The average molecular weight is 236 g/mol. The highest BCUT2D eigenvalue weighted by Gasteiger charge is 2.12. The van der Waals surface area contributed by atoms with Gasteiger partial charge < -0.3 is 9.84 Å². The van der Waals surface area contributed by atoms with Gasteiger partial charge >= 0.3 is 0 Å². The molecule has 0 atom stereocenters. The van der Waals surface area contributed by atoms with Crippen LogP contribution in [-0.2, 0) is 12.8 Å². The molecule has 96 valence electrons. The minimum atomic E-state index is 0.371. The van der Waals surface area contributed by atoms with Crippen molar-refractivity contribution in [3.8, 4) is 11.5 Å². The van der Waals surface area contributed by atoms with E-state index in [4.69, 9.17) is 4.74 Å². The minimum absolute atomic E-state index is 0.371. The minimum Gasteiger partial charge on any atom is -0.508 e. The molecule has 0 saturated heterocycles. The maximum atomic E-state index is 9.92. The van der Waals surface area contributed by atoms with E-state index < -0.39 is 0 Å². The Labute approximate surface area is 105 Å². The SMILES string of the molecule is CCCCc1ccc(O)c(CCCC)c1OC. The van der Waals surface area contributed by atoms with Crippen molar-refractivity contribution < 1.29 is 9.84 Å². The molecule has 0 radical (unpaired) electrons. The van der Waals surface area contributed by atoms with E-state index in [-0.39, 0.29) is 0 Å². The molecule has 2 heteroatoms. The number of hydrogen-bond acceptors (Lipinski definition) is 2. The Bertz CT molecular complexity index is 345. The van der Waals surface area contributed by atoms with Crippen LogP contribution in [-0.4, -0.2) is 12.2 Å². The first-order chi connectivity index (χ1) is 8.24. The van der Waals surface area contributed by atoms with Gasteiger partial charge in [-0.3, -0.25) is 0 Å². The predicted molar refractivity (Wildman–Crippen MR) is 71.9 cm³/mol. The zero-order valence-corrected chi connectivity index (χ0v) is 11.3. The molecule has 0 fully saturated rings. The van der Waals surface area contributed by atoms with E-state index in [1.54, 1.807) is 13.2 Å². The van der Waals surface area contributed by atoms with E-state index in [1.807, 2.05) is 6.07 Å². The Kier molecular flexibility index (Phi) is 5.88. The van der Waals surface area contributed by atoms with Crippen molar-refractivity contribution in [2.75, 3.05) is 7.11 Å². The zero-order valence-electron chi connectivity index (χ0n) is 11.3. The summed E-state index contributed by atoms with van der Waals surface area (Å²) in [5, 5.41) is 9.92. The second-order valence-corrected chi connectivity index (χ2v) is 4.46. The summed E-state index contributed by atoms with van der Waals surface area (Å²) >= 11 is 0. The van der Waals surface area contributed by atoms with Crippen LogP contribution in [0.2, 0.25) is 0 Å². The fourth-order valence-corrected chi connectivity index (χ4v) is 2.08. The monoisotopic (exact) mass is 236 g/mol. The third-order valence-corrected chi connectivity index (χ3v) is 3.10. The molecule has 17 heavy (non-hydrogen) atoms. The number of phenolic OH excluding ortho intramolecular Hbond substituents is 1. The largest absolute Gasteiger partial charge is 0.508 e. The molecule has 0 aromatic heterocycles. The number of ether oxygens (including phenoxy) is 1. The Hall–Kier alpha value is -1.18. The first kappa shape index (κ1) is 13.9. The molecule has 0 bridgehead atoms. The third kappa shape index (κ3) is 3.65. The van der Waals surface area contributed by atoms with Crippen molar-refractivity contribution in [1.29, 1.82) is 0 Å². The van der Waals surface area contributed by atoms with Crippen LogP contribution in [0.5, 0.6) is 11.5 Å². The number of phenols is 1. The van der Waals surface area contributed by atoms with E-state index in [0.29, 0.717) is 5.75 Å². The third-order valence-electron chi connectivity index (χ3n) is 3.10. The molecular formula is C15H24O2. The lowest BCUT2D eigenvalue weighted by Crippen LogP contribution is -1.98. The van der Waals surface area contributed by atoms with Gasteiger partial charge in [0.2, 0.25) is 0 Å². The van der Waals surface area contributed by atoms with Crippen LogP contribution in [0.3, 0.4) is 0 Å². The summed E-state index contributed by atoms with van der Waals surface area (Å²) in [7, 11) is 1.69. The molecule has 0 heterocycles. The van der Waals surface area contributed by atoms with Gasteiger partial charge in [0.05, 0.1) is 7.11 Å². The van der Waals surface area contributed by atoms with Crippen LogP contribution in [0.1, 0.15) is 50.7 Å². The number of aryl methyl sites for hydroxylation is 1. The maximum Gasteiger partial charge on any atom is 0.128 e. The van der Waals surface area contributed by atoms with Crippen molar-refractivity contribution in [2.24, 2.45) is 0 Å². The summed E-state index contributed by atoms with van der Waals surface area (Å²) in [6.45, 7) is 4.34. The molecule has 0 unspecified atom stereocenters. The molecular weight excluding hydrogens is 212 g/mol. The Balaban J connectivity index is 2.98. The van der Waals surface area contributed by atoms with Gasteiger partial charge in [-0.25, -0.2) is 0 Å². The topological polar surface area (TPSA) is 29.5 Å². The van der Waals surface area contributed by atoms with E-state index in [1.165, 1.54) is 12.0 Å². The second-order valence-electron chi connectivity index (χ2n) is 4.46. The van der Waals surface area contributed by atoms with E-state index in [0.717, 1.165) is 43.4 Å². The lowest BCUT2D eigenvalue weighted by molar-refractivity contribution is 0.393. The fraction of sp³-hybridized carbons (Fsp3) is 0.600. The highest BCUT2D eigenvalue weighted by atomic mass is 16.5. The van der Waals surface area contributed by atoms with Crippen LogP contribution in [0.25, 0.3) is 0 Å². The van der Waals surface area contributed by atoms with Gasteiger partial charge in [0, 0.05) is 5.56 Å². The van der Waals surface area contributed by atoms with Crippen molar-refractivity contribution >= 4 is 0 Å². The van der Waals surface area contributed by atoms with E-state index in [9.17, 15) is 5.11 Å². The second kappa shape index (κ2) is 7.21. The van der Waals surface area contributed by atoms with Gasteiger partial charge in [-0.1, -0.05) is 32.8 Å². The van der Waals surface area contributed by atoms with Crippen molar-refractivity contribution in [3.63, 3.8) is 0 Å². The molecule has 0 aliphatic carbocycles. The van der Waals surface area contributed by atoms with Crippen LogP contribution >= 0.6 is 0 Å². The van der Waals surface area contributed by atoms with Gasteiger partial charge in [-0.05, 0) is 37.3 Å². The summed E-state index contributed by atoms with van der Waals surface area (Å²) in [5.74, 6) is 1.27. The van der Waals surface area contributed by atoms with Crippen molar-refractivity contribution in [1.82, 2.24) is 0 Å². The molecule has 0 saturated carbocycles. The normalized spacial score (nSPS) is 10.5. The van der Waals surface area contributed by atoms with Crippen molar-refractivity contribution in [3.05, 3.63) is 23.3 Å². The molecule has 0 aliphatic heterocycles. The molecule has 1 N–H and O–H groups in total. The number of methoxy groups -OCH3 is 1. The number of rotatable bonds is 7. The molecule has 1 aromatic carbocycles. The quantitative estimate of drug-likeness (QED) is 0.772. The summed E-state index contributed by atoms with van der Waals surface area (Å²) in [6.07, 6.45) is 6.47. The highest BCUT2D eigenvalue weighted by Crippen LogP contribution is 2.33. The molecule has 0 aliphatic rings. The highest BCUT2D eigenvalue weighted by molar-refractivity contribution is 5.49. The number of aromatic hydroxyl groups is 1. The Morgan fingerprint density at radius 1 is 1.06 bits per heavy atom. The van der Waals surface area contributed by atoms with Crippen molar-refractivity contribution in [2.45, 2.75) is 52.4 Å². The molecule has 0 amide bonds.